The topological polar surface area (TPSA) is 66.0 Å². The molecule has 2 aromatic carbocycles. The fourth-order valence-electron chi connectivity index (χ4n) is 4.31. The van der Waals surface area contributed by atoms with Gasteiger partial charge in [0.2, 0.25) is 0 Å². The maximum Gasteiger partial charge on any atom is 0.329 e. The van der Waals surface area contributed by atoms with Crippen LogP contribution in [0.25, 0.3) is 21.9 Å². The zero-order chi connectivity index (χ0) is 21.6. The Bertz CT molecular complexity index is 1410. The minimum atomic E-state index is -0.671. The largest absolute Gasteiger partial charge is 0.329 e. The summed E-state index contributed by atoms with van der Waals surface area (Å²) in [4.78, 5) is 38.8. The number of ketones is 1. The molecular weight excluding hydrogens is 378 g/mol. The van der Waals surface area contributed by atoms with Crippen molar-refractivity contribution in [2.45, 2.75) is 46.8 Å². The van der Waals surface area contributed by atoms with Crippen LogP contribution < -0.4 is 11.2 Å². The van der Waals surface area contributed by atoms with Gasteiger partial charge in [-0.2, -0.15) is 0 Å². The number of hydrogen-bond donors (Lipinski definition) is 0. The molecule has 0 saturated heterocycles. The van der Waals surface area contributed by atoms with Crippen molar-refractivity contribution < 1.29 is 4.79 Å². The highest BCUT2D eigenvalue weighted by Crippen LogP contribution is 2.23. The average Bonchev–Trinajstić information content (AvgIpc) is 3.02. The Labute approximate surface area is 174 Å². The van der Waals surface area contributed by atoms with Gasteiger partial charge in [0.15, 0.2) is 5.78 Å². The van der Waals surface area contributed by atoms with Crippen molar-refractivity contribution in [2.75, 3.05) is 0 Å². The van der Waals surface area contributed by atoms with Crippen LogP contribution in [-0.4, -0.2) is 19.5 Å². The predicted molar refractivity (Wildman–Crippen MR) is 120 cm³/mol. The predicted octanol–water partition coefficient (Wildman–Crippen LogP) is 3.91. The van der Waals surface area contributed by atoms with Crippen LogP contribution in [0.1, 0.15) is 42.7 Å². The number of aromatic nitrogens is 3. The summed E-state index contributed by atoms with van der Waals surface area (Å²) in [6.07, 6.45) is 0. The van der Waals surface area contributed by atoms with E-state index in [1.807, 2.05) is 51.1 Å². The molecule has 0 fully saturated rings. The minimum absolute atomic E-state index is 0.0756. The van der Waals surface area contributed by atoms with E-state index < -0.39 is 6.04 Å². The SMILES string of the molecule is CCn1c(=O)n(CC)c2cc(C(=O)C(C)n3c(=O)cc(C)c4ccccc43)ccc21. The summed E-state index contributed by atoms with van der Waals surface area (Å²) in [5.74, 6) is -0.160. The van der Waals surface area contributed by atoms with Crippen LogP contribution in [-0.2, 0) is 13.1 Å². The zero-order valence-corrected chi connectivity index (χ0v) is 17.7. The molecule has 0 bridgehead atoms. The van der Waals surface area contributed by atoms with Gasteiger partial charge in [-0.15, -0.1) is 0 Å². The van der Waals surface area contributed by atoms with Crippen molar-refractivity contribution in [3.8, 4) is 0 Å². The van der Waals surface area contributed by atoms with Gasteiger partial charge in [-0.05, 0) is 57.5 Å². The van der Waals surface area contributed by atoms with Gasteiger partial charge < -0.3 is 0 Å². The normalized spacial score (nSPS) is 12.5. The summed E-state index contributed by atoms with van der Waals surface area (Å²) in [7, 11) is 0. The monoisotopic (exact) mass is 403 g/mol. The molecule has 0 spiro atoms. The lowest BCUT2D eigenvalue weighted by atomic mass is 10.0. The second kappa shape index (κ2) is 7.44. The van der Waals surface area contributed by atoms with E-state index in [0.717, 1.165) is 27.5 Å². The third-order valence-corrected chi connectivity index (χ3v) is 5.87. The molecule has 6 nitrogen and oxygen atoms in total. The Morgan fingerprint density at radius 1 is 0.900 bits per heavy atom. The first-order valence-electron chi connectivity index (χ1n) is 10.3. The molecule has 0 aliphatic heterocycles. The highest BCUT2D eigenvalue weighted by Gasteiger charge is 2.22. The van der Waals surface area contributed by atoms with Crippen LogP contribution >= 0.6 is 0 Å². The number of imidazole rings is 1. The Kier molecular flexibility index (Phi) is 4.94. The molecule has 0 amide bonds. The molecule has 0 radical (unpaired) electrons. The number of nitrogens with zero attached hydrogens (tertiary/aromatic N) is 3. The first kappa shape index (κ1) is 19.9. The number of Topliss-reactive ketones (excluding diaryl/α,β-unsaturated/α-hetero) is 1. The van der Waals surface area contributed by atoms with Gasteiger partial charge in [-0.1, -0.05) is 18.2 Å². The average molecular weight is 403 g/mol. The molecule has 0 saturated carbocycles. The second-order valence-corrected chi connectivity index (χ2v) is 7.57. The molecule has 6 heteroatoms. The highest BCUT2D eigenvalue weighted by molar-refractivity contribution is 6.02. The van der Waals surface area contributed by atoms with Gasteiger partial charge in [0.05, 0.1) is 22.6 Å². The Balaban J connectivity index is 1.86. The molecule has 154 valence electrons. The number of benzene rings is 2. The fraction of sp³-hybridized carbons (Fsp3) is 0.292. The second-order valence-electron chi connectivity index (χ2n) is 7.57. The fourth-order valence-corrected chi connectivity index (χ4v) is 4.31. The first-order valence-corrected chi connectivity index (χ1v) is 10.3. The number of fused-ring (bicyclic) bond motifs is 2. The molecule has 2 heterocycles. The number of aryl methyl sites for hydroxylation is 3. The number of carbonyl (C=O) groups is 1. The van der Waals surface area contributed by atoms with E-state index in [0.29, 0.717) is 18.7 Å². The van der Waals surface area contributed by atoms with Gasteiger partial charge in [0.1, 0.15) is 0 Å². The number of pyridine rings is 1. The molecule has 30 heavy (non-hydrogen) atoms. The summed E-state index contributed by atoms with van der Waals surface area (Å²) in [6.45, 7) is 8.58. The Hall–Kier alpha value is -3.41. The minimum Gasteiger partial charge on any atom is -0.298 e. The third-order valence-electron chi connectivity index (χ3n) is 5.87. The molecule has 2 aromatic heterocycles. The molecule has 4 rings (SSSR count). The molecule has 0 N–H and O–H groups in total. The molecule has 1 atom stereocenters. The van der Waals surface area contributed by atoms with Crippen LogP contribution in [0.2, 0.25) is 0 Å². The molecule has 1 unspecified atom stereocenters. The van der Waals surface area contributed by atoms with Crippen molar-refractivity contribution in [1.29, 1.82) is 0 Å². The van der Waals surface area contributed by atoms with Crippen LogP contribution in [0, 0.1) is 6.92 Å². The van der Waals surface area contributed by atoms with Crippen molar-refractivity contribution in [2.24, 2.45) is 0 Å². The number of hydrogen-bond acceptors (Lipinski definition) is 3. The number of carbonyl (C=O) groups excluding carboxylic acids is 1. The maximum atomic E-state index is 13.4. The van der Waals surface area contributed by atoms with Crippen LogP contribution in [0.15, 0.2) is 58.1 Å². The molecule has 0 aliphatic carbocycles. The van der Waals surface area contributed by atoms with Crippen molar-refractivity contribution in [3.63, 3.8) is 0 Å². The maximum absolute atomic E-state index is 13.4. The van der Waals surface area contributed by atoms with E-state index in [1.54, 1.807) is 38.8 Å². The molecule has 4 aromatic rings. The summed E-state index contributed by atoms with van der Waals surface area (Å²) in [5.41, 5.74) is 3.40. The van der Waals surface area contributed by atoms with Gasteiger partial charge in [0, 0.05) is 30.1 Å². The van der Waals surface area contributed by atoms with E-state index in [2.05, 4.69) is 0 Å². The summed E-state index contributed by atoms with van der Waals surface area (Å²) >= 11 is 0. The molecule has 0 aliphatic rings. The Morgan fingerprint density at radius 3 is 2.27 bits per heavy atom. The van der Waals surface area contributed by atoms with Crippen molar-refractivity contribution in [1.82, 2.24) is 13.7 Å². The summed E-state index contributed by atoms with van der Waals surface area (Å²) in [5, 5.41) is 0.951. The standard InChI is InChI=1S/C24H25N3O3/c1-5-25-20-12-11-17(14-21(20)26(6-2)24(25)30)23(29)16(4)27-19-10-8-7-9-18(19)15(3)13-22(27)28/h7-14,16H,5-6H2,1-4H3. The Morgan fingerprint density at radius 2 is 1.57 bits per heavy atom. The number of para-hydroxylation sites is 1. The summed E-state index contributed by atoms with van der Waals surface area (Å²) in [6, 6.07) is 13.9. The number of rotatable bonds is 5. The lowest BCUT2D eigenvalue weighted by Gasteiger charge is -2.18. The first-order chi connectivity index (χ1) is 14.4. The van der Waals surface area contributed by atoms with Gasteiger partial charge in [-0.25, -0.2) is 4.79 Å². The van der Waals surface area contributed by atoms with Gasteiger partial charge in [-0.3, -0.25) is 23.3 Å². The van der Waals surface area contributed by atoms with Crippen LogP contribution in [0.3, 0.4) is 0 Å². The van der Waals surface area contributed by atoms with Crippen molar-refractivity contribution in [3.05, 3.63) is 80.5 Å². The van der Waals surface area contributed by atoms with Crippen molar-refractivity contribution >= 4 is 27.7 Å². The third kappa shape index (κ3) is 2.91. The lowest BCUT2D eigenvalue weighted by Crippen LogP contribution is -2.28. The van der Waals surface area contributed by atoms with Gasteiger partial charge in [0.25, 0.3) is 5.56 Å². The van der Waals surface area contributed by atoms with Crippen LogP contribution in [0.4, 0.5) is 0 Å². The smallest absolute Gasteiger partial charge is 0.298 e. The van der Waals surface area contributed by atoms with E-state index >= 15 is 0 Å². The zero-order valence-electron chi connectivity index (χ0n) is 17.7. The van der Waals surface area contributed by atoms with E-state index in [4.69, 9.17) is 0 Å². The highest BCUT2D eigenvalue weighted by atomic mass is 16.2. The summed E-state index contributed by atoms with van der Waals surface area (Å²) < 4.78 is 4.93. The van der Waals surface area contributed by atoms with E-state index in [-0.39, 0.29) is 17.0 Å². The van der Waals surface area contributed by atoms with Gasteiger partial charge >= 0.3 is 5.69 Å². The van der Waals surface area contributed by atoms with Crippen LogP contribution in [0.5, 0.6) is 0 Å². The molecular formula is C24H25N3O3. The van der Waals surface area contributed by atoms with E-state index in [1.165, 1.54) is 0 Å². The lowest BCUT2D eigenvalue weighted by molar-refractivity contribution is 0.0935. The van der Waals surface area contributed by atoms with E-state index in [9.17, 15) is 14.4 Å². The quantitative estimate of drug-likeness (QED) is 0.475.